The van der Waals surface area contributed by atoms with E-state index in [0.29, 0.717) is 18.4 Å². The fourth-order valence-electron chi connectivity index (χ4n) is 2.58. The number of imidazole rings is 1. The van der Waals surface area contributed by atoms with Gasteiger partial charge in [-0.05, 0) is 30.5 Å². The normalized spacial score (nSPS) is 15.0. The molecule has 1 aliphatic carbocycles. The summed E-state index contributed by atoms with van der Waals surface area (Å²) >= 11 is 0. The molecule has 0 spiro atoms. The van der Waals surface area contributed by atoms with Gasteiger partial charge in [-0.2, -0.15) is 0 Å². The molecule has 106 valence electrons. The number of carbonyl (C=O) groups is 1. The predicted octanol–water partition coefficient (Wildman–Crippen LogP) is 2.52. The lowest BCUT2D eigenvalue weighted by Crippen LogP contribution is -2.26. The van der Waals surface area contributed by atoms with Gasteiger partial charge in [0, 0.05) is 19.0 Å². The fraction of sp³-hybridized carbons (Fsp3) is 0.500. The summed E-state index contributed by atoms with van der Waals surface area (Å²) in [5.74, 6) is 1.60. The van der Waals surface area contributed by atoms with E-state index >= 15 is 0 Å². The van der Waals surface area contributed by atoms with Crippen LogP contribution in [0, 0.1) is 0 Å². The molecule has 4 heteroatoms. The van der Waals surface area contributed by atoms with Crippen LogP contribution in [0.3, 0.4) is 0 Å². The summed E-state index contributed by atoms with van der Waals surface area (Å²) in [6.07, 6.45) is 2.70. The first kappa shape index (κ1) is 13.2. The first-order valence-electron chi connectivity index (χ1n) is 7.29. The van der Waals surface area contributed by atoms with Crippen molar-refractivity contribution >= 4 is 16.9 Å². The average molecular weight is 271 g/mol. The van der Waals surface area contributed by atoms with Crippen LogP contribution in [0.15, 0.2) is 18.2 Å². The molecule has 1 aromatic carbocycles. The summed E-state index contributed by atoms with van der Waals surface area (Å²) in [5, 5.41) is 3.02. The molecule has 3 rings (SSSR count). The third kappa shape index (κ3) is 2.55. The molecule has 0 radical (unpaired) electrons. The number of fused-ring (bicyclic) bond motifs is 1. The van der Waals surface area contributed by atoms with Gasteiger partial charge in [0.25, 0.3) is 0 Å². The second-order valence-corrected chi connectivity index (χ2v) is 6.03. The molecule has 0 bridgehead atoms. The van der Waals surface area contributed by atoms with Gasteiger partial charge in [0.1, 0.15) is 5.82 Å². The van der Waals surface area contributed by atoms with Crippen molar-refractivity contribution in [1.82, 2.24) is 14.9 Å². The topological polar surface area (TPSA) is 46.9 Å². The summed E-state index contributed by atoms with van der Waals surface area (Å²) in [6, 6.07) is 6.55. The molecule has 20 heavy (non-hydrogen) atoms. The number of benzene rings is 1. The van der Waals surface area contributed by atoms with E-state index in [1.807, 2.05) is 19.2 Å². The predicted molar refractivity (Wildman–Crippen MR) is 79.7 cm³/mol. The second-order valence-electron chi connectivity index (χ2n) is 6.03. The summed E-state index contributed by atoms with van der Waals surface area (Å²) in [6.45, 7) is 4.29. The highest BCUT2D eigenvalue weighted by Crippen LogP contribution is 2.22. The van der Waals surface area contributed by atoms with Gasteiger partial charge in [-0.25, -0.2) is 4.98 Å². The van der Waals surface area contributed by atoms with Crippen LogP contribution in [0.25, 0.3) is 11.0 Å². The van der Waals surface area contributed by atoms with Crippen LogP contribution < -0.4 is 5.32 Å². The highest BCUT2D eigenvalue weighted by Gasteiger charge is 2.23. The van der Waals surface area contributed by atoms with Crippen molar-refractivity contribution in [3.63, 3.8) is 0 Å². The zero-order valence-electron chi connectivity index (χ0n) is 12.3. The van der Waals surface area contributed by atoms with E-state index in [0.717, 1.165) is 35.3 Å². The first-order valence-corrected chi connectivity index (χ1v) is 7.29. The van der Waals surface area contributed by atoms with Gasteiger partial charge >= 0.3 is 0 Å². The van der Waals surface area contributed by atoms with Crippen molar-refractivity contribution in [2.24, 2.45) is 7.05 Å². The van der Waals surface area contributed by atoms with Crippen LogP contribution in [0.5, 0.6) is 0 Å². The van der Waals surface area contributed by atoms with E-state index in [1.54, 1.807) is 0 Å². The number of hydrogen-bond acceptors (Lipinski definition) is 2. The van der Waals surface area contributed by atoms with Crippen molar-refractivity contribution < 1.29 is 4.79 Å². The quantitative estimate of drug-likeness (QED) is 0.928. The number of amides is 1. The molecule has 2 aromatic rings. The molecule has 1 aliphatic rings. The van der Waals surface area contributed by atoms with Gasteiger partial charge in [-0.1, -0.05) is 19.9 Å². The highest BCUT2D eigenvalue weighted by atomic mass is 16.1. The van der Waals surface area contributed by atoms with Gasteiger partial charge in [0.15, 0.2) is 0 Å². The zero-order chi connectivity index (χ0) is 14.3. The Morgan fingerprint density at radius 3 is 2.85 bits per heavy atom. The Kier molecular flexibility index (Phi) is 3.24. The molecule has 1 fully saturated rings. The lowest BCUT2D eigenvalue weighted by Gasteiger charge is -2.05. The van der Waals surface area contributed by atoms with Crippen molar-refractivity contribution in [1.29, 1.82) is 0 Å². The molecular formula is C16H21N3O. The Bertz CT molecular complexity index is 653. The molecule has 1 amide bonds. The molecule has 1 heterocycles. The molecule has 4 nitrogen and oxygen atoms in total. The summed E-state index contributed by atoms with van der Waals surface area (Å²) < 4.78 is 2.13. The van der Waals surface area contributed by atoms with E-state index < -0.39 is 0 Å². The SMILES string of the molecule is CC(C)c1nc2cc(CC(=O)NC3CC3)ccc2n1C. The van der Waals surface area contributed by atoms with Crippen LogP contribution >= 0.6 is 0 Å². The maximum Gasteiger partial charge on any atom is 0.224 e. The van der Waals surface area contributed by atoms with Crippen molar-refractivity contribution in [3.8, 4) is 0 Å². The Morgan fingerprint density at radius 2 is 2.20 bits per heavy atom. The van der Waals surface area contributed by atoms with Crippen LogP contribution in [0.4, 0.5) is 0 Å². The van der Waals surface area contributed by atoms with Gasteiger partial charge < -0.3 is 9.88 Å². The van der Waals surface area contributed by atoms with E-state index in [2.05, 4.69) is 34.8 Å². The third-order valence-corrected chi connectivity index (χ3v) is 3.80. The zero-order valence-corrected chi connectivity index (χ0v) is 12.3. The molecule has 0 aliphatic heterocycles. The maximum atomic E-state index is 11.8. The van der Waals surface area contributed by atoms with E-state index in [4.69, 9.17) is 0 Å². The number of rotatable bonds is 4. The molecule has 1 aromatic heterocycles. The highest BCUT2D eigenvalue weighted by molar-refractivity contribution is 5.82. The molecule has 0 unspecified atom stereocenters. The van der Waals surface area contributed by atoms with Crippen LogP contribution in [0.1, 0.15) is 44.0 Å². The van der Waals surface area contributed by atoms with Crippen molar-refractivity contribution in [2.75, 3.05) is 0 Å². The summed E-state index contributed by atoms with van der Waals surface area (Å²) in [5.41, 5.74) is 3.14. The van der Waals surface area contributed by atoms with Gasteiger partial charge in [-0.3, -0.25) is 4.79 Å². The lowest BCUT2D eigenvalue weighted by molar-refractivity contribution is -0.120. The maximum absolute atomic E-state index is 11.8. The van der Waals surface area contributed by atoms with E-state index in [9.17, 15) is 4.79 Å². The minimum absolute atomic E-state index is 0.117. The third-order valence-electron chi connectivity index (χ3n) is 3.80. The first-order chi connectivity index (χ1) is 9.54. The van der Waals surface area contributed by atoms with Gasteiger partial charge in [0.05, 0.1) is 17.5 Å². The molecular weight excluding hydrogens is 250 g/mol. The van der Waals surface area contributed by atoms with Crippen LogP contribution in [-0.4, -0.2) is 21.5 Å². The number of hydrogen-bond donors (Lipinski definition) is 1. The molecule has 1 N–H and O–H groups in total. The van der Waals surface area contributed by atoms with Crippen LogP contribution in [-0.2, 0) is 18.3 Å². The lowest BCUT2D eigenvalue weighted by atomic mass is 10.1. The van der Waals surface area contributed by atoms with Crippen LogP contribution in [0.2, 0.25) is 0 Å². The summed E-state index contributed by atoms with van der Waals surface area (Å²) in [4.78, 5) is 16.5. The van der Waals surface area contributed by atoms with E-state index in [-0.39, 0.29) is 5.91 Å². The molecule has 1 saturated carbocycles. The number of nitrogens with one attached hydrogen (secondary N) is 1. The Hall–Kier alpha value is -1.84. The fourth-order valence-corrected chi connectivity index (χ4v) is 2.58. The Balaban J connectivity index is 1.84. The second kappa shape index (κ2) is 4.93. The Morgan fingerprint density at radius 1 is 1.45 bits per heavy atom. The monoisotopic (exact) mass is 271 g/mol. The van der Waals surface area contributed by atoms with Gasteiger partial charge in [-0.15, -0.1) is 0 Å². The standard InChI is InChI=1S/C16H21N3O/c1-10(2)16-18-13-8-11(4-7-14(13)19(16)3)9-15(20)17-12-5-6-12/h4,7-8,10,12H,5-6,9H2,1-3H3,(H,17,20). The number of nitrogens with zero attached hydrogens (tertiary/aromatic N) is 2. The smallest absolute Gasteiger partial charge is 0.224 e. The van der Waals surface area contributed by atoms with Crippen molar-refractivity contribution in [2.45, 2.75) is 45.1 Å². The molecule has 0 saturated heterocycles. The largest absolute Gasteiger partial charge is 0.353 e. The minimum atomic E-state index is 0.117. The Labute approximate surface area is 119 Å². The average Bonchev–Trinajstić information content (AvgIpc) is 3.12. The van der Waals surface area contributed by atoms with E-state index in [1.165, 1.54) is 0 Å². The number of aryl methyl sites for hydroxylation is 1. The number of aromatic nitrogens is 2. The molecule has 0 atom stereocenters. The van der Waals surface area contributed by atoms with Gasteiger partial charge in [0.2, 0.25) is 5.91 Å². The van der Waals surface area contributed by atoms with Crippen molar-refractivity contribution in [3.05, 3.63) is 29.6 Å². The summed E-state index contributed by atoms with van der Waals surface area (Å²) in [7, 11) is 2.05. The minimum Gasteiger partial charge on any atom is -0.353 e. The number of carbonyl (C=O) groups excluding carboxylic acids is 1.